The van der Waals surface area contributed by atoms with Gasteiger partial charge in [0.25, 0.3) is 0 Å². The molecule has 0 radical (unpaired) electrons. The molecule has 0 bridgehead atoms. The molecule has 0 aliphatic heterocycles. The Morgan fingerprint density at radius 1 is 1.35 bits per heavy atom. The maximum atomic E-state index is 12.7. The maximum absolute atomic E-state index is 12.7. The zero-order valence-corrected chi connectivity index (χ0v) is 14.2. The van der Waals surface area contributed by atoms with E-state index < -0.39 is 11.0 Å². The summed E-state index contributed by atoms with van der Waals surface area (Å²) in [6, 6.07) is 7.94. The van der Waals surface area contributed by atoms with Crippen LogP contribution in [-0.4, -0.2) is 26.1 Å². The van der Waals surface area contributed by atoms with E-state index in [1.54, 1.807) is 0 Å². The predicted molar refractivity (Wildman–Crippen MR) is 87.4 cm³/mol. The summed E-state index contributed by atoms with van der Waals surface area (Å²) in [6.45, 7) is 6.47. The highest BCUT2D eigenvalue weighted by molar-refractivity contribution is 7.85. The van der Waals surface area contributed by atoms with E-state index in [2.05, 4.69) is 25.8 Å². The summed E-state index contributed by atoms with van der Waals surface area (Å²) in [6.07, 6.45) is 3.34. The number of benzene rings is 1. The predicted octanol–water partition coefficient (Wildman–Crippen LogP) is 4.22. The Bertz CT molecular complexity index is 574. The summed E-state index contributed by atoms with van der Waals surface area (Å²) in [7, 11) is 0.735. The SMILES string of the molecule is CCCCC(C)(C)N(C)S(=O)c1nc2ccccc2s1. The number of rotatable bonds is 6. The lowest BCUT2D eigenvalue weighted by molar-refractivity contribution is 0.253. The molecule has 1 atom stereocenters. The van der Waals surface area contributed by atoms with Crippen LogP contribution in [-0.2, 0) is 11.0 Å². The lowest BCUT2D eigenvalue weighted by atomic mass is 9.98. The van der Waals surface area contributed by atoms with E-state index in [-0.39, 0.29) is 5.54 Å². The zero-order valence-electron chi connectivity index (χ0n) is 12.5. The third-order valence-corrected chi connectivity index (χ3v) is 6.56. The van der Waals surface area contributed by atoms with Crippen molar-refractivity contribution < 1.29 is 4.21 Å². The molecule has 0 saturated heterocycles. The van der Waals surface area contributed by atoms with Crippen LogP contribution in [0.1, 0.15) is 40.0 Å². The van der Waals surface area contributed by atoms with Gasteiger partial charge >= 0.3 is 0 Å². The van der Waals surface area contributed by atoms with Crippen LogP contribution in [0.15, 0.2) is 28.6 Å². The fraction of sp³-hybridized carbons (Fsp3) is 0.533. The van der Waals surface area contributed by atoms with Crippen LogP contribution < -0.4 is 0 Å². The highest BCUT2D eigenvalue weighted by Crippen LogP contribution is 2.29. The summed E-state index contributed by atoms with van der Waals surface area (Å²) in [4.78, 5) is 4.50. The topological polar surface area (TPSA) is 33.2 Å². The van der Waals surface area contributed by atoms with Crippen LogP contribution >= 0.6 is 11.3 Å². The van der Waals surface area contributed by atoms with Crippen molar-refractivity contribution in [2.24, 2.45) is 0 Å². The first-order valence-electron chi connectivity index (χ1n) is 6.97. The van der Waals surface area contributed by atoms with Gasteiger partial charge in [-0.05, 0) is 32.4 Å². The Labute approximate surface area is 127 Å². The molecule has 110 valence electrons. The van der Waals surface area contributed by atoms with Crippen LogP contribution in [0, 0.1) is 0 Å². The molecule has 0 aliphatic rings. The zero-order chi connectivity index (χ0) is 14.8. The van der Waals surface area contributed by atoms with Gasteiger partial charge in [0.05, 0.1) is 10.2 Å². The molecule has 0 amide bonds. The minimum absolute atomic E-state index is 0.0846. The minimum Gasteiger partial charge on any atom is -0.235 e. The summed E-state index contributed by atoms with van der Waals surface area (Å²) >= 11 is 1.52. The van der Waals surface area contributed by atoms with E-state index in [1.165, 1.54) is 11.3 Å². The number of nitrogens with zero attached hydrogens (tertiary/aromatic N) is 2. The quantitative estimate of drug-likeness (QED) is 0.800. The molecular formula is C15H22N2OS2. The molecule has 1 aromatic heterocycles. The molecule has 1 unspecified atom stereocenters. The lowest BCUT2D eigenvalue weighted by Gasteiger charge is -2.33. The molecule has 2 aromatic rings. The smallest absolute Gasteiger partial charge is 0.197 e. The standard InChI is InChI=1S/C15H22N2OS2/c1-5-6-11-15(2,3)17(4)20(18)14-16-12-9-7-8-10-13(12)19-14/h7-10H,5-6,11H2,1-4H3. The molecule has 0 fully saturated rings. The monoisotopic (exact) mass is 310 g/mol. The number of unbranched alkanes of at least 4 members (excludes halogenated alkanes) is 1. The third kappa shape index (κ3) is 3.27. The van der Waals surface area contributed by atoms with Crippen LogP contribution in [0.5, 0.6) is 0 Å². The van der Waals surface area contributed by atoms with Crippen molar-refractivity contribution in [1.82, 2.24) is 9.29 Å². The highest BCUT2D eigenvalue weighted by Gasteiger charge is 2.29. The average molecular weight is 310 g/mol. The molecular weight excluding hydrogens is 288 g/mol. The molecule has 1 heterocycles. The van der Waals surface area contributed by atoms with Crippen molar-refractivity contribution in [2.45, 2.75) is 49.9 Å². The van der Waals surface area contributed by atoms with E-state index in [0.717, 1.165) is 29.5 Å². The summed E-state index contributed by atoms with van der Waals surface area (Å²) in [5, 5.41) is 0. The van der Waals surface area contributed by atoms with Crippen molar-refractivity contribution in [2.75, 3.05) is 7.05 Å². The van der Waals surface area contributed by atoms with Crippen LogP contribution in [0.2, 0.25) is 0 Å². The van der Waals surface area contributed by atoms with E-state index >= 15 is 0 Å². The summed E-state index contributed by atoms with van der Waals surface area (Å²) in [5.41, 5.74) is 0.847. The van der Waals surface area contributed by atoms with Gasteiger partial charge in [0.1, 0.15) is 0 Å². The molecule has 0 spiro atoms. The Hall–Kier alpha value is -0.780. The number of hydrogen-bond donors (Lipinski definition) is 0. The van der Waals surface area contributed by atoms with Gasteiger partial charge in [-0.1, -0.05) is 31.9 Å². The Morgan fingerprint density at radius 2 is 2.05 bits per heavy atom. The molecule has 1 aromatic carbocycles. The van der Waals surface area contributed by atoms with Gasteiger partial charge in [-0.2, -0.15) is 0 Å². The fourth-order valence-corrected chi connectivity index (χ4v) is 4.57. The van der Waals surface area contributed by atoms with Gasteiger partial charge in [0.15, 0.2) is 15.3 Å². The van der Waals surface area contributed by atoms with Crippen molar-refractivity contribution in [3.05, 3.63) is 24.3 Å². The number of fused-ring (bicyclic) bond motifs is 1. The average Bonchev–Trinajstić information content (AvgIpc) is 2.87. The number of para-hydroxylation sites is 1. The second-order valence-electron chi connectivity index (χ2n) is 5.61. The van der Waals surface area contributed by atoms with Crippen LogP contribution in [0.3, 0.4) is 0 Å². The fourth-order valence-electron chi connectivity index (χ4n) is 2.03. The lowest BCUT2D eigenvalue weighted by Crippen LogP contribution is -2.42. The molecule has 3 nitrogen and oxygen atoms in total. The van der Waals surface area contributed by atoms with E-state index in [0.29, 0.717) is 4.34 Å². The number of thiazole rings is 1. The first-order valence-corrected chi connectivity index (χ1v) is 8.89. The second kappa shape index (κ2) is 6.33. The molecule has 2 rings (SSSR count). The van der Waals surface area contributed by atoms with Gasteiger partial charge in [0.2, 0.25) is 0 Å². The number of hydrogen-bond acceptors (Lipinski definition) is 3. The molecule has 0 aliphatic carbocycles. The van der Waals surface area contributed by atoms with Crippen molar-refractivity contribution in [3.8, 4) is 0 Å². The largest absolute Gasteiger partial charge is 0.235 e. The first-order chi connectivity index (χ1) is 9.45. The Morgan fingerprint density at radius 3 is 2.70 bits per heavy atom. The third-order valence-electron chi connectivity index (χ3n) is 3.67. The first kappa shape index (κ1) is 15.6. The van der Waals surface area contributed by atoms with Gasteiger partial charge in [-0.25, -0.2) is 13.5 Å². The summed E-state index contributed by atoms with van der Waals surface area (Å²) in [5.74, 6) is 0. The maximum Gasteiger partial charge on any atom is 0.197 e. The van der Waals surface area contributed by atoms with Crippen molar-refractivity contribution >= 4 is 32.5 Å². The van der Waals surface area contributed by atoms with Crippen molar-refractivity contribution in [3.63, 3.8) is 0 Å². The van der Waals surface area contributed by atoms with E-state index in [9.17, 15) is 4.21 Å². The highest BCUT2D eigenvalue weighted by atomic mass is 32.2. The van der Waals surface area contributed by atoms with Crippen molar-refractivity contribution in [1.29, 1.82) is 0 Å². The molecule has 5 heteroatoms. The van der Waals surface area contributed by atoms with Gasteiger partial charge in [0, 0.05) is 12.6 Å². The number of aromatic nitrogens is 1. The Kier molecular flexibility index (Phi) is 4.94. The molecule has 0 N–H and O–H groups in total. The van der Waals surface area contributed by atoms with Crippen LogP contribution in [0.25, 0.3) is 10.2 Å². The van der Waals surface area contributed by atoms with Gasteiger partial charge < -0.3 is 0 Å². The van der Waals surface area contributed by atoms with E-state index in [1.807, 2.05) is 35.6 Å². The second-order valence-corrected chi connectivity index (χ2v) is 8.33. The van der Waals surface area contributed by atoms with Gasteiger partial charge in [-0.3, -0.25) is 0 Å². The normalized spacial score (nSPS) is 14.1. The molecule has 0 saturated carbocycles. The molecule has 20 heavy (non-hydrogen) atoms. The summed E-state index contributed by atoms with van der Waals surface area (Å²) < 4.78 is 16.4. The van der Waals surface area contributed by atoms with Gasteiger partial charge in [-0.15, -0.1) is 11.3 Å². The Balaban J connectivity index is 2.21. The minimum atomic E-state index is -1.19. The van der Waals surface area contributed by atoms with Crippen LogP contribution in [0.4, 0.5) is 0 Å². The van der Waals surface area contributed by atoms with E-state index in [4.69, 9.17) is 0 Å².